The Kier molecular flexibility index (Phi) is 5.78. The molecule has 0 saturated heterocycles. The summed E-state index contributed by atoms with van der Waals surface area (Å²) in [6, 6.07) is 7.62. The number of nitrogens with one attached hydrogen (secondary N) is 1. The van der Waals surface area contributed by atoms with Crippen molar-refractivity contribution in [3.8, 4) is 5.75 Å². The van der Waals surface area contributed by atoms with E-state index in [2.05, 4.69) is 5.32 Å². The van der Waals surface area contributed by atoms with Crippen LogP contribution in [0, 0.1) is 0 Å². The Labute approximate surface area is 125 Å². The van der Waals surface area contributed by atoms with Crippen LogP contribution in [0.1, 0.15) is 44.6 Å². The van der Waals surface area contributed by atoms with Gasteiger partial charge < -0.3 is 10.1 Å². The fraction of sp³-hybridized carbons (Fsp3) is 0.529. The number of amides is 1. The standard InChI is InChI=1S/C17H23NO3/c1-13(19)11-14-7-9-16(10-8-14)21-12-17(20)18-15-5-3-2-4-6-15/h7-10,15H,2-6,11-12H2,1H3,(H,18,20). The minimum Gasteiger partial charge on any atom is -0.484 e. The molecule has 1 aliphatic carbocycles. The third-order valence-electron chi connectivity index (χ3n) is 3.72. The number of carbonyl (C=O) groups is 2. The zero-order valence-electron chi connectivity index (χ0n) is 12.6. The Balaban J connectivity index is 1.74. The molecule has 1 amide bonds. The van der Waals surface area contributed by atoms with Crippen LogP contribution in [0.5, 0.6) is 5.75 Å². The minimum atomic E-state index is -0.0605. The molecule has 0 aliphatic heterocycles. The number of carbonyl (C=O) groups excluding carboxylic acids is 2. The molecule has 21 heavy (non-hydrogen) atoms. The molecule has 1 aromatic rings. The Hall–Kier alpha value is -1.84. The van der Waals surface area contributed by atoms with Crippen molar-refractivity contribution in [1.29, 1.82) is 0 Å². The van der Waals surface area contributed by atoms with E-state index in [1.165, 1.54) is 19.3 Å². The van der Waals surface area contributed by atoms with E-state index in [0.29, 0.717) is 18.2 Å². The summed E-state index contributed by atoms with van der Waals surface area (Å²) in [5.41, 5.74) is 0.960. The van der Waals surface area contributed by atoms with Gasteiger partial charge in [-0.3, -0.25) is 9.59 Å². The Morgan fingerprint density at radius 1 is 1.14 bits per heavy atom. The number of ketones is 1. The van der Waals surface area contributed by atoms with E-state index in [4.69, 9.17) is 4.74 Å². The lowest BCUT2D eigenvalue weighted by Gasteiger charge is -2.22. The van der Waals surface area contributed by atoms with Gasteiger partial charge in [-0.05, 0) is 37.5 Å². The summed E-state index contributed by atoms with van der Waals surface area (Å²) in [6.45, 7) is 1.61. The normalized spacial score (nSPS) is 15.5. The summed E-state index contributed by atoms with van der Waals surface area (Å²) in [6.07, 6.45) is 6.25. The molecule has 0 unspecified atom stereocenters. The maximum absolute atomic E-state index is 11.8. The van der Waals surface area contributed by atoms with Crippen molar-refractivity contribution in [2.75, 3.05) is 6.61 Å². The predicted molar refractivity (Wildman–Crippen MR) is 81.3 cm³/mol. The lowest BCUT2D eigenvalue weighted by atomic mass is 9.95. The Morgan fingerprint density at radius 2 is 1.81 bits per heavy atom. The monoisotopic (exact) mass is 289 g/mol. The van der Waals surface area contributed by atoms with Gasteiger partial charge in [0.2, 0.25) is 0 Å². The van der Waals surface area contributed by atoms with Gasteiger partial charge in [0.05, 0.1) is 0 Å². The van der Waals surface area contributed by atoms with Crippen LogP contribution in [0.4, 0.5) is 0 Å². The second kappa shape index (κ2) is 7.81. The molecule has 4 nitrogen and oxygen atoms in total. The van der Waals surface area contributed by atoms with Crippen LogP contribution in [0.2, 0.25) is 0 Å². The molecular formula is C17H23NO3. The number of benzene rings is 1. The summed E-state index contributed by atoms with van der Waals surface area (Å²) < 4.78 is 5.47. The predicted octanol–water partition coefficient (Wildman–Crippen LogP) is 2.65. The van der Waals surface area contributed by atoms with Gasteiger partial charge in [-0.1, -0.05) is 31.4 Å². The summed E-state index contributed by atoms with van der Waals surface area (Å²) in [5.74, 6) is 0.728. The molecule has 1 N–H and O–H groups in total. The molecule has 2 rings (SSSR count). The van der Waals surface area contributed by atoms with Gasteiger partial charge in [0.1, 0.15) is 11.5 Å². The molecule has 0 radical (unpaired) electrons. The molecule has 1 aliphatic rings. The quantitative estimate of drug-likeness (QED) is 0.876. The van der Waals surface area contributed by atoms with Crippen LogP contribution in [0.3, 0.4) is 0 Å². The maximum Gasteiger partial charge on any atom is 0.258 e. The van der Waals surface area contributed by atoms with Crippen LogP contribution in [-0.4, -0.2) is 24.3 Å². The third kappa shape index (κ3) is 5.58. The smallest absolute Gasteiger partial charge is 0.258 e. The summed E-state index contributed by atoms with van der Waals surface area (Å²) in [7, 11) is 0. The fourth-order valence-electron chi connectivity index (χ4n) is 2.66. The molecule has 1 saturated carbocycles. The first-order chi connectivity index (χ1) is 10.1. The molecule has 0 heterocycles. The number of Topliss-reactive ketones (excluding diaryl/α,β-unsaturated/α-hetero) is 1. The van der Waals surface area contributed by atoms with Crippen LogP contribution in [-0.2, 0) is 16.0 Å². The highest BCUT2D eigenvalue weighted by Gasteiger charge is 2.15. The average Bonchev–Trinajstić information content (AvgIpc) is 2.47. The number of hydrogen-bond acceptors (Lipinski definition) is 3. The van der Waals surface area contributed by atoms with Crippen molar-refractivity contribution in [3.05, 3.63) is 29.8 Å². The fourth-order valence-corrected chi connectivity index (χ4v) is 2.66. The first kappa shape index (κ1) is 15.5. The highest BCUT2D eigenvalue weighted by Crippen LogP contribution is 2.17. The van der Waals surface area contributed by atoms with Gasteiger partial charge in [-0.25, -0.2) is 0 Å². The average molecular weight is 289 g/mol. The van der Waals surface area contributed by atoms with Crippen LogP contribution >= 0.6 is 0 Å². The maximum atomic E-state index is 11.8. The number of ether oxygens (including phenoxy) is 1. The molecule has 1 fully saturated rings. The summed E-state index contributed by atoms with van der Waals surface area (Å²) in [4.78, 5) is 22.8. The van der Waals surface area contributed by atoms with E-state index in [1.807, 2.05) is 12.1 Å². The van der Waals surface area contributed by atoms with Gasteiger partial charge in [0, 0.05) is 12.5 Å². The second-order valence-electron chi connectivity index (χ2n) is 5.71. The molecule has 1 aromatic carbocycles. The van der Waals surface area contributed by atoms with Crippen molar-refractivity contribution in [3.63, 3.8) is 0 Å². The molecule has 0 aromatic heterocycles. The largest absolute Gasteiger partial charge is 0.484 e. The topological polar surface area (TPSA) is 55.4 Å². The van der Waals surface area contributed by atoms with Crippen molar-refractivity contribution < 1.29 is 14.3 Å². The zero-order chi connectivity index (χ0) is 15.1. The highest BCUT2D eigenvalue weighted by atomic mass is 16.5. The highest BCUT2D eigenvalue weighted by molar-refractivity contribution is 5.78. The van der Waals surface area contributed by atoms with Crippen molar-refractivity contribution in [1.82, 2.24) is 5.32 Å². The SMILES string of the molecule is CC(=O)Cc1ccc(OCC(=O)NC2CCCCC2)cc1. The molecule has 0 bridgehead atoms. The lowest BCUT2D eigenvalue weighted by molar-refractivity contribution is -0.124. The van der Waals surface area contributed by atoms with Crippen molar-refractivity contribution >= 4 is 11.7 Å². The van der Waals surface area contributed by atoms with Gasteiger partial charge in [-0.2, -0.15) is 0 Å². The molecule has 4 heteroatoms. The first-order valence-corrected chi connectivity index (χ1v) is 7.64. The van der Waals surface area contributed by atoms with E-state index >= 15 is 0 Å². The summed E-state index contributed by atoms with van der Waals surface area (Å²) in [5, 5.41) is 3.02. The number of hydrogen-bond donors (Lipinski definition) is 1. The van der Waals surface area contributed by atoms with Crippen LogP contribution in [0.15, 0.2) is 24.3 Å². The van der Waals surface area contributed by atoms with Gasteiger partial charge in [-0.15, -0.1) is 0 Å². The van der Waals surface area contributed by atoms with Gasteiger partial charge >= 0.3 is 0 Å². The van der Waals surface area contributed by atoms with Gasteiger partial charge in [0.25, 0.3) is 5.91 Å². The minimum absolute atomic E-state index is 0.0442. The first-order valence-electron chi connectivity index (χ1n) is 7.64. The summed E-state index contributed by atoms with van der Waals surface area (Å²) >= 11 is 0. The Bertz CT molecular complexity index is 475. The molecule has 0 atom stereocenters. The van der Waals surface area contributed by atoms with E-state index in [-0.39, 0.29) is 18.3 Å². The van der Waals surface area contributed by atoms with Crippen LogP contribution < -0.4 is 10.1 Å². The molecular weight excluding hydrogens is 266 g/mol. The van der Waals surface area contributed by atoms with E-state index in [9.17, 15) is 9.59 Å². The van der Waals surface area contributed by atoms with Crippen molar-refractivity contribution in [2.24, 2.45) is 0 Å². The lowest BCUT2D eigenvalue weighted by Crippen LogP contribution is -2.38. The van der Waals surface area contributed by atoms with Crippen molar-refractivity contribution in [2.45, 2.75) is 51.5 Å². The third-order valence-corrected chi connectivity index (χ3v) is 3.72. The van der Waals surface area contributed by atoms with Gasteiger partial charge in [0.15, 0.2) is 6.61 Å². The van der Waals surface area contributed by atoms with E-state index in [0.717, 1.165) is 18.4 Å². The van der Waals surface area contributed by atoms with E-state index in [1.54, 1.807) is 19.1 Å². The van der Waals surface area contributed by atoms with Crippen LogP contribution in [0.25, 0.3) is 0 Å². The zero-order valence-corrected chi connectivity index (χ0v) is 12.6. The molecule has 114 valence electrons. The number of rotatable bonds is 6. The molecule has 0 spiro atoms. The van der Waals surface area contributed by atoms with E-state index < -0.39 is 0 Å². The Morgan fingerprint density at radius 3 is 2.43 bits per heavy atom. The second-order valence-corrected chi connectivity index (χ2v) is 5.71.